The standard InChI is InChI=1S/C14H14BrFN2OS/c1-14(13(17)19,18-8-10-3-2-6-20-10)9-4-5-12(16)11(15)7-9/h2-7,18H,8H2,1H3,(H2,17,19). The molecule has 1 aromatic carbocycles. The average molecular weight is 357 g/mol. The fourth-order valence-corrected chi connectivity index (χ4v) is 2.84. The zero-order valence-corrected chi connectivity index (χ0v) is 13.2. The molecule has 0 aliphatic heterocycles. The zero-order chi connectivity index (χ0) is 14.8. The van der Waals surface area contributed by atoms with Gasteiger partial charge in [-0.2, -0.15) is 0 Å². The van der Waals surface area contributed by atoms with Crippen LogP contribution in [0.2, 0.25) is 0 Å². The minimum absolute atomic E-state index is 0.306. The smallest absolute Gasteiger partial charge is 0.242 e. The summed E-state index contributed by atoms with van der Waals surface area (Å²) in [5.74, 6) is -0.883. The Balaban J connectivity index is 2.28. The first-order valence-electron chi connectivity index (χ1n) is 5.96. The second-order valence-electron chi connectivity index (χ2n) is 4.55. The van der Waals surface area contributed by atoms with E-state index in [9.17, 15) is 9.18 Å². The van der Waals surface area contributed by atoms with E-state index in [0.717, 1.165) is 4.88 Å². The van der Waals surface area contributed by atoms with Crippen molar-refractivity contribution in [1.29, 1.82) is 0 Å². The normalized spacial score (nSPS) is 13.9. The summed E-state index contributed by atoms with van der Waals surface area (Å²) >= 11 is 4.72. The van der Waals surface area contributed by atoms with Crippen molar-refractivity contribution in [2.24, 2.45) is 5.73 Å². The van der Waals surface area contributed by atoms with Crippen LogP contribution in [-0.2, 0) is 16.9 Å². The highest BCUT2D eigenvalue weighted by Gasteiger charge is 2.33. The van der Waals surface area contributed by atoms with Crippen LogP contribution >= 0.6 is 27.3 Å². The van der Waals surface area contributed by atoms with Gasteiger partial charge in [0.2, 0.25) is 5.91 Å². The lowest BCUT2D eigenvalue weighted by molar-refractivity contribution is -0.124. The van der Waals surface area contributed by atoms with E-state index in [1.54, 1.807) is 30.4 Å². The summed E-state index contributed by atoms with van der Waals surface area (Å²) in [5, 5.41) is 5.12. The molecule has 1 amide bonds. The van der Waals surface area contributed by atoms with Gasteiger partial charge in [-0.15, -0.1) is 11.3 Å². The highest BCUT2D eigenvalue weighted by atomic mass is 79.9. The maximum atomic E-state index is 13.3. The molecule has 0 radical (unpaired) electrons. The molecule has 0 saturated heterocycles. The van der Waals surface area contributed by atoms with Gasteiger partial charge < -0.3 is 5.73 Å². The van der Waals surface area contributed by atoms with Crippen molar-refractivity contribution >= 4 is 33.2 Å². The van der Waals surface area contributed by atoms with Crippen LogP contribution in [0.3, 0.4) is 0 Å². The van der Waals surface area contributed by atoms with Crippen molar-refractivity contribution < 1.29 is 9.18 Å². The van der Waals surface area contributed by atoms with Gasteiger partial charge in [-0.05, 0) is 52.0 Å². The van der Waals surface area contributed by atoms with Gasteiger partial charge in [0.15, 0.2) is 0 Å². The summed E-state index contributed by atoms with van der Waals surface area (Å²) in [5.41, 5.74) is 5.09. The van der Waals surface area contributed by atoms with Gasteiger partial charge in [-0.25, -0.2) is 4.39 Å². The molecule has 0 aliphatic carbocycles. The van der Waals surface area contributed by atoms with Crippen LogP contribution in [0.4, 0.5) is 4.39 Å². The Morgan fingerprint density at radius 1 is 1.50 bits per heavy atom. The predicted molar refractivity (Wildman–Crippen MR) is 81.8 cm³/mol. The first-order valence-corrected chi connectivity index (χ1v) is 7.63. The first kappa shape index (κ1) is 15.2. The van der Waals surface area contributed by atoms with E-state index >= 15 is 0 Å². The van der Waals surface area contributed by atoms with Crippen LogP contribution in [0, 0.1) is 5.82 Å². The fourth-order valence-electron chi connectivity index (χ4n) is 1.82. The van der Waals surface area contributed by atoms with E-state index < -0.39 is 11.4 Å². The van der Waals surface area contributed by atoms with E-state index in [1.807, 2.05) is 17.5 Å². The quantitative estimate of drug-likeness (QED) is 0.864. The van der Waals surface area contributed by atoms with Gasteiger partial charge in [-0.3, -0.25) is 10.1 Å². The van der Waals surface area contributed by atoms with Crippen LogP contribution in [0.5, 0.6) is 0 Å². The second-order valence-corrected chi connectivity index (χ2v) is 6.44. The molecule has 3 nitrogen and oxygen atoms in total. The zero-order valence-electron chi connectivity index (χ0n) is 10.8. The summed E-state index contributed by atoms with van der Waals surface area (Å²) in [6.45, 7) is 2.22. The van der Waals surface area contributed by atoms with Crippen LogP contribution < -0.4 is 11.1 Å². The van der Waals surface area contributed by atoms with Crippen LogP contribution in [0.1, 0.15) is 17.4 Å². The molecule has 1 unspecified atom stereocenters. The highest BCUT2D eigenvalue weighted by Crippen LogP contribution is 2.26. The Morgan fingerprint density at radius 2 is 2.25 bits per heavy atom. The summed E-state index contributed by atoms with van der Waals surface area (Å²) in [4.78, 5) is 12.9. The molecule has 1 heterocycles. The summed E-state index contributed by atoms with van der Waals surface area (Å²) in [6.07, 6.45) is 0. The number of primary amides is 1. The molecule has 20 heavy (non-hydrogen) atoms. The molecule has 0 bridgehead atoms. The average Bonchev–Trinajstić information content (AvgIpc) is 2.92. The van der Waals surface area contributed by atoms with Gasteiger partial charge in [0.05, 0.1) is 4.47 Å². The Hall–Kier alpha value is -1.24. The third-order valence-electron chi connectivity index (χ3n) is 3.19. The topological polar surface area (TPSA) is 55.1 Å². The summed E-state index contributed by atoms with van der Waals surface area (Å²) < 4.78 is 13.6. The number of amides is 1. The third-order valence-corrected chi connectivity index (χ3v) is 4.67. The van der Waals surface area contributed by atoms with Gasteiger partial charge in [0.25, 0.3) is 0 Å². The molecule has 1 aromatic heterocycles. The Bertz CT molecular complexity index is 618. The maximum Gasteiger partial charge on any atom is 0.242 e. The number of hydrogen-bond donors (Lipinski definition) is 2. The third kappa shape index (κ3) is 3.08. The van der Waals surface area contributed by atoms with Crippen LogP contribution in [0.25, 0.3) is 0 Å². The van der Waals surface area contributed by atoms with E-state index in [0.29, 0.717) is 16.6 Å². The van der Waals surface area contributed by atoms with Gasteiger partial charge >= 0.3 is 0 Å². The van der Waals surface area contributed by atoms with Crippen molar-refractivity contribution in [2.75, 3.05) is 0 Å². The Labute approximate surface area is 129 Å². The van der Waals surface area contributed by atoms with Crippen molar-refractivity contribution in [3.8, 4) is 0 Å². The Kier molecular flexibility index (Phi) is 4.57. The van der Waals surface area contributed by atoms with Crippen molar-refractivity contribution in [1.82, 2.24) is 5.32 Å². The maximum absolute atomic E-state index is 13.3. The number of hydrogen-bond acceptors (Lipinski definition) is 3. The van der Waals surface area contributed by atoms with E-state index in [1.165, 1.54) is 6.07 Å². The number of thiophene rings is 1. The van der Waals surface area contributed by atoms with E-state index in [-0.39, 0.29) is 5.82 Å². The monoisotopic (exact) mass is 356 g/mol. The highest BCUT2D eigenvalue weighted by molar-refractivity contribution is 9.10. The number of carbonyl (C=O) groups is 1. The molecular formula is C14H14BrFN2OS. The lowest BCUT2D eigenvalue weighted by Crippen LogP contribution is -2.50. The number of nitrogens with two attached hydrogens (primary N) is 1. The Morgan fingerprint density at radius 3 is 2.80 bits per heavy atom. The van der Waals surface area contributed by atoms with E-state index in [2.05, 4.69) is 21.2 Å². The summed E-state index contributed by atoms with van der Waals surface area (Å²) in [6, 6.07) is 8.36. The minimum atomic E-state index is -1.06. The molecule has 2 aromatic rings. The SMILES string of the molecule is CC(NCc1cccs1)(C(N)=O)c1ccc(F)c(Br)c1. The fraction of sp³-hybridized carbons (Fsp3) is 0.214. The molecule has 0 aliphatic rings. The van der Waals surface area contributed by atoms with Crippen molar-refractivity contribution in [2.45, 2.75) is 19.0 Å². The molecule has 6 heteroatoms. The summed E-state index contributed by atoms with van der Waals surface area (Å²) in [7, 11) is 0. The number of rotatable bonds is 5. The number of carbonyl (C=O) groups excluding carboxylic acids is 1. The number of benzene rings is 1. The lowest BCUT2D eigenvalue weighted by Gasteiger charge is -2.28. The number of halogens is 2. The molecule has 0 fully saturated rings. The van der Waals surface area contributed by atoms with Crippen molar-refractivity contribution in [3.63, 3.8) is 0 Å². The minimum Gasteiger partial charge on any atom is -0.368 e. The number of nitrogens with one attached hydrogen (secondary N) is 1. The molecule has 0 spiro atoms. The van der Waals surface area contributed by atoms with Gasteiger partial charge in [-0.1, -0.05) is 12.1 Å². The van der Waals surface area contributed by atoms with Crippen molar-refractivity contribution in [3.05, 3.63) is 56.4 Å². The molecule has 3 N–H and O–H groups in total. The molecule has 1 atom stereocenters. The van der Waals surface area contributed by atoms with Gasteiger partial charge in [0, 0.05) is 11.4 Å². The van der Waals surface area contributed by atoms with Crippen LogP contribution in [-0.4, -0.2) is 5.91 Å². The first-order chi connectivity index (χ1) is 9.43. The molecular weight excluding hydrogens is 343 g/mol. The van der Waals surface area contributed by atoms with E-state index in [4.69, 9.17) is 5.73 Å². The van der Waals surface area contributed by atoms with Gasteiger partial charge in [0.1, 0.15) is 11.4 Å². The second kappa shape index (κ2) is 6.03. The molecule has 2 rings (SSSR count). The molecule has 106 valence electrons. The molecule has 0 saturated carbocycles. The predicted octanol–water partition coefficient (Wildman–Crippen LogP) is 3.14. The lowest BCUT2D eigenvalue weighted by atomic mass is 9.91. The largest absolute Gasteiger partial charge is 0.368 e. The van der Waals surface area contributed by atoms with Crippen LogP contribution in [0.15, 0.2) is 40.2 Å².